The monoisotopic (exact) mass is 290 g/mol. The van der Waals surface area contributed by atoms with Crippen molar-refractivity contribution in [1.82, 2.24) is 4.98 Å². The first-order valence-corrected chi connectivity index (χ1v) is 6.37. The van der Waals surface area contributed by atoms with Gasteiger partial charge in [0.15, 0.2) is 0 Å². The van der Waals surface area contributed by atoms with Crippen LogP contribution in [-0.4, -0.2) is 4.98 Å². The van der Waals surface area contributed by atoms with Crippen LogP contribution in [0, 0.1) is 13.8 Å². The molecule has 0 bridgehead atoms. The molecule has 0 saturated heterocycles. The molecule has 17 heavy (non-hydrogen) atoms. The average molecular weight is 291 g/mol. The van der Waals surface area contributed by atoms with Crippen molar-refractivity contribution < 1.29 is 0 Å². The summed E-state index contributed by atoms with van der Waals surface area (Å²) in [5.41, 5.74) is 4.45. The molecule has 0 aliphatic heterocycles. The molecular formula is C14H15BrN2. The SMILES string of the molecule is Cc1ccc(NCc2ccc(Br)cc2)c(C)n1. The molecule has 0 amide bonds. The van der Waals surface area contributed by atoms with Gasteiger partial charge in [-0.2, -0.15) is 0 Å². The van der Waals surface area contributed by atoms with Crippen LogP contribution >= 0.6 is 15.9 Å². The van der Waals surface area contributed by atoms with Crippen molar-refractivity contribution in [3.05, 3.63) is 57.8 Å². The topological polar surface area (TPSA) is 24.9 Å². The standard InChI is InChI=1S/C14H15BrN2/c1-10-3-8-14(11(2)17-10)16-9-12-4-6-13(15)7-5-12/h3-8,16H,9H2,1-2H3. The summed E-state index contributed by atoms with van der Waals surface area (Å²) in [4.78, 5) is 4.43. The van der Waals surface area contributed by atoms with Crippen molar-refractivity contribution in [2.45, 2.75) is 20.4 Å². The van der Waals surface area contributed by atoms with Crippen LogP contribution in [0.25, 0.3) is 0 Å². The molecule has 2 aromatic rings. The van der Waals surface area contributed by atoms with E-state index >= 15 is 0 Å². The van der Waals surface area contributed by atoms with E-state index in [4.69, 9.17) is 0 Å². The summed E-state index contributed by atoms with van der Waals surface area (Å²) in [6.07, 6.45) is 0. The highest BCUT2D eigenvalue weighted by Gasteiger charge is 1.99. The number of benzene rings is 1. The highest BCUT2D eigenvalue weighted by atomic mass is 79.9. The van der Waals surface area contributed by atoms with Gasteiger partial charge in [0.1, 0.15) is 0 Å². The molecular weight excluding hydrogens is 276 g/mol. The Kier molecular flexibility index (Phi) is 3.79. The summed E-state index contributed by atoms with van der Waals surface area (Å²) in [5, 5.41) is 3.40. The van der Waals surface area contributed by atoms with Gasteiger partial charge in [-0.25, -0.2) is 0 Å². The fraction of sp³-hybridized carbons (Fsp3) is 0.214. The molecule has 2 rings (SSSR count). The zero-order chi connectivity index (χ0) is 12.3. The lowest BCUT2D eigenvalue weighted by Gasteiger charge is -2.09. The van der Waals surface area contributed by atoms with E-state index in [1.54, 1.807) is 0 Å². The third-order valence-electron chi connectivity index (χ3n) is 2.62. The lowest BCUT2D eigenvalue weighted by Crippen LogP contribution is -2.02. The van der Waals surface area contributed by atoms with Crippen molar-refractivity contribution in [3.63, 3.8) is 0 Å². The summed E-state index contributed by atoms with van der Waals surface area (Å²) in [6.45, 7) is 4.85. The molecule has 0 fully saturated rings. The van der Waals surface area contributed by atoms with Gasteiger partial charge in [0.05, 0.1) is 11.4 Å². The van der Waals surface area contributed by atoms with Crippen LogP contribution in [0.15, 0.2) is 40.9 Å². The number of halogens is 1. The maximum atomic E-state index is 4.43. The molecule has 0 atom stereocenters. The molecule has 1 aromatic carbocycles. The maximum absolute atomic E-state index is 4.43. The smallest absolute Gasteiger partial charge is 0.0606 e. The quantitative estimate of drug-likeness (QED) is 0.922. The molecule has 88 valence electrons. The van der Waals surface area contributed by atoms with Crippen LogP contribution in [0.3, 0.4) is 0 Å². The third-order valence-corrected chi connectivity index (χ3v) is 3.15. The van der Waals surface area contributed by atoms with Gasteiger partial charge < -0.3 is 5.32 Å². The van der Waals surface area contributed by atoms with Gasteiger partial charge in [-0.15, -0.1) is 0 Å². The zero-order valence-corrected chi connectivity index (χ0v) is 11.6. The van der Waals surface area contributed by atoms with Gasteiger partial charge in [-0.05, 0) is 43.7 Å². The number of rotatable bonds is 3. The Morgan fingerprint density at radius 3 is 2.41 bits per heavy atom. The number of hydrogen-bond acceptors (Lipinski definition) is 2. The molecule has 3 heteroatoms. The van der Waals surface area contributed by atoms with E-state index < -0.39 is 0 Å². The minimum absolute atomic E-state index is 0.818. The van der Waals surface area contributed by atoms with E-state index in [1.807, 2.05) is 19.9 Å². The zero-order valence-electron chi connectivity index (χ0n) is 10.00. The second-order valence-electron chi connectivity index (χ2n) is 4.07. The van der Waals surface area contributed by atoms with Gasteiger partial charge in [0.2, 0.25) is 0 Å². The fourth-order valence-corrected chi connectivity index (χ4v) is 1.94. The molecule has 0 aliphatic carbocycles. The van der Waals surface area contributed by atoms with Crippen molar-refractivity contribution >= 4 is 21.6 Å². The first kappa shape index (κ1) is 12.1. The number of aryl methyl sites for hydroxylation is 2. The normalized spacial score (nSPS) is 10.3. The van der Waals surface area contributed by atoms with Crippen molar-refractivity contribution in [2.75, 3.05) is 5.32 Å². The summed E-state index contributed by atoms with van der Waals surface area (Å²) < 4.78 is 1.11. The van der Waals surface area contributed by atoms with E-state index in [2.05, 4.69) is 56.6 Å². The van der Waals surface area contributed by atoms with Crippen LogP contribution < -0.4 is 5.32 Å². The summed E-state index contributed by atoms with van der Waals surface area (Å²) in [6, 6.07) is 12.4. The first-order valence-electron chi connectivity index (χ1n) is 5.58. The van der Waals surface area contributed by atoms with Gasteiger partial charge in [-0.1, -0.05) is 28.1 Å². The highest BCUT2D eigenvalue weighted by molar-refractivity contribution is 9.10. The molecule has 0 saturated carbocycles. The highest BCUT2D eigenvalue weighted by Crippen LogP contribution is 2.15. The number of pyridine rings is 1. The molecule has 0 spiro atoms. The predicted octanol–water partition coefficient (Wildman–Crippen LogP) is 4.07. The molecule has 0 unspecified atom stereocenters. The largest absolute Gasteiger partial charge is 0.380 e. The molecule has 1 heterocycles. The van der Waals surface area contributed by atoms with Crippen LogP contribution in [0.4, 0.5) is 5.69 Å². The maximum Gasteiger partial charge on any atom is 0.0606 e. The van der Waals surface area contributed by atoms with Gasteiger partial charge in [0.25, 0.3) is 0 Å². The third kappa shape index (κ3) is 3.30. The van der Waals surface area contributed by atoms with Crippen LogP contribution in [0.1, 0.15) is 17.0 Å². The minimum Gasteiger partial charge on any atom is -0.380 e. The van der Waals surface area contributed by atoms with Gasteiger partial charge >= 0.3 is 0 Å². The Balaban J connectivity index is 2.04. The van der Waals surface area contributed by atoms with Crippen LogP contribution in [-0.2, 0) is 6.54 Å². The minimum atomic E-state index is 0.818. The van der Waals surface area contributed by atoms with Crippen molar-refractivity contribution in [3.8, 4) is 0 Å². The number of nitrogens with zero attached hydrogens (tertiary/aromatic N) is 1. The lowest BCUT2D eigenvalue weighted by molar-refractivity contribution is 1.08. The fourth-order valence-electron chi connectivity index (χ4n) is 1.67. The van der Waals surface area contributed by atoms with Gasteiger partial charge in [0, 0.05) is 16.7 Å². The van der Waals surface area contributed by atoms with Gasteiger partial charge in [-0.3, -0.25) is 4.98 Å². The predicted molar refractivity (Wildman–Crippen MR) is 75.2 cm³/mol. The molecule has 1 N–H and O–H groups in total. The van der Waals surface area contributed by atoms with E-state index in [1.165, 1.54) is 5.56 Å². The Labute approximate surface area is 110 Å². The Morgan fingerprint density at radius 1 is 1.06 bits per heavy atom. The van der Waals surface area contributed by atoms with Crippen molar-refractivity contribution in [2.24, 2.45) is 0 Å². The lowest BCUT2D eigenvalue weighted by atomic mass is 10.2. The summed E-state index contributed by atoms with van der Waals surface area (Å²) >= 11 is 3.43. The average Bonchev–Trinajstić information content (AvgIpc) is 2.30. The Hall–Kier alpha value is -1.35. The first-order chi connectivity index (χ1) is 8.15. The molecule has 0 aliphatic rings. The van der Waals surface area contributed by atoms with Crippen LogP contribution in [0.2, 0.25) is 0 Å². The summed E-state index contributed by atoms with van der Waals surface area (Å²) in [7, 11) is 0. The summed E-state index contributed by atoms with van der Waals surface area (Å²) in [5.74, 6) is 0. The van der Waals surface area contributed by atoms with Crippen molar-refractivity contribution in [1.29, 1.82) is 0 Å². The number of nitrogens with one attached hydrogen (secondary N) is 1. The molecule has 1 aromatic heterocycles. The van der Waals surface area contributed by atoms with Crippen LogP contribution in [0.5, 0.6) is 0 Å². The number of hydrogen-bond donors (Lipinski definition) is 1. The van der Waals surface area contributed by atoms with E-state index in [-0.39, 0.29) is 0 Å². The Bertz CT molecular complexity index is 506. The number of anilines is 1. The second kappa shape index (κ2) is 5.32. The second-order valence-corrected chi connectivity index (χ2v) is 4.98. The molecule has 2 nitrogen and oxygen atoms in total. The van der Waals surface area contributed by atoms with E-state index in [0.29, 0.717) is 0 Å². The molecule has 0 radical (unpaired) electrons. The van der Waals surface area contributed by atoms with E-state index in [9.17, 15) is 0 Å². The Morgan fingerprint density at radius 2 is 1.76 bits per heavy atom. The number of aromatic nitrogens is 1. The van der Waals surface area contributed by atoms with E-state index in [0.717, 1.165) is 28.1 Å².